The van der Waals surface area contributed by atoms with E-state index in [1.807, 2.05) is 48.5 Å². The van der Waals surface area contributed by atoms with Crippen LogP contribution in [0.25, 0.3) is 22.5 Å². The Morgan fingerprint density at radius 2 is 1.71 bits per heavy atom. The highest BCUT2D eigenvalue weighted by atomic mass is 32.2. The lowest BCUT2D eigenvalue weighted by Gasteiger charge is -2.09. The lowest BCUT2D eigenvalue weighted by Crippen LogP contribution is -2.12. The molecule has 0 atom stereocenters. The summed E-state index contributed by atoms with van der Waals surface area (Å²) >= 11 is 3.05. The molecule has 2 heterocycles. The third-order valence-electron chi connectivity index (χ3n) is 6.53. The zero-order valence-corrected chi connectivity index (χ0v) is 22.9. The van der Waals surface area contributed by atoms with Crippen LogP contribution in [0.3, 0.4) is 0 Å². The van der Waals surface area contributed by atoms with Crippen LogP contribution >= 0.6 is 23.1 Å². The van der Waals surface area contributed by atoms with Crippen LogP contribution in [-0.2, 0) is 17.6 Å². The zero-order valence-electron chi connectivity index (χ0n) is 21.3. The van der Waals surface area contributed by atoms with E-state index in [1.54, 1.807) is 25.6 Å². The van der Waals surface area contributed by atoms with Gasteiger partial charge in [0.15, 0.2) is 5.16 Å². The molecule has 2 N–H and O–H groups in total. The lowest BCUT2D eigenvalue weighted by molar-refractivity contribution is -0.115. The molecule has 1 aliphatic rings. The summed E-state index contributed by atoms with van der Waals surface area (Å²) in [6.07, 6.45) is 4.47. The number of aryl methyl sites for hydroxylation is 1. The third kappa shape index (κ3) is 5.57. The number of thioether (sulfide) groups is 1. The number of benzene rings is 2. The van der Waals surface area contributed by atoms with E-state index in [0.717, 1.165) is 70.4 Å². The molecule has 0 saturated heterocycles. The Hall–Kier alpha value is -3.74. The maximum Gasteiger partial charge on any atom is 0.225 e. The van der Waals surface area contributed by atoms with Crippen molar-refractivity contribution in [3.63, 3.8) is 0 Å². The Kier molecular flexibility index (Phi) is 8.01. The maximum absolute atomic E-state index is 12.7. The van der Waals surface area contributed by atoms with Crippen LogP contribution in [0.4, 0.5) is 5.00 Å². The molecule has 0 radical (unpaired) electrons. The number of nitrogens with zero attached hydrogens (tertiary/aromatic N) is 2. The van der Waals surface area contributed by atoms with Crippen LogP contribution in [0.5, 0.6) is 11.5 Å². The van der Waals surface area contributed by atoms with Crippen LogP contribution in [-0.4, -0.2) is 35.8 Å². The van der Waals surface area contributed by atoms with Gasteiger partial charge in [-0.15, -0.1) is 11.3 Å². The molecule has 4 aromatic rings. The van der Waals surface area contributed by atoms with Gasteiger partial charge in [-0.05, 0) is 79.8 Å². The Balaban J connectivity index is 1.30. The van der Waals surface area contributed by atoms with Gasteiger partial charge in [0.25, 0.3) is 0 Å². The van der Waals surface area contributed by atoms with Crippen molar-refractivity contribution in [3.8, 4) is 40.1 Å². The van der Waals surface area contributed by atoms with E-state index in [1.165, 1.54) is 16.6 Å². The molecule has 2 aromatic heterocycles. The van der Waals surface area contributed by atoms with Gasteiger partial charge in [0, 0.05) is 28.2 Å². The monoisotopic (exact) mass is 544 g/mol. The zero-order chi connectivity index (χ0) is 26.5. The molecule has 0 unspecified atom stereocenters. The lowest BCUT2D eigenvalue weighted by atomic mass is 9.96. The number of thiophene rings is 1. The summed E-state index contributed by atoms with van der Waals surface area (Å²) in [5.74, 6) is 2.02. The summed E-state index contributed by atoms with van der Waals surface area (Å²) in [7, 11) is 3.29. The van der Waals surface area contributed by atoms with Gasteiger partial charge in [-0.2, -0.15) is 5.26 Å². The van der Waals surface area contributed by atoms with E-state index < -0.39 is 0 Å². The number of hydrogen-bond donors (Lipinski definition) is 2. The van der Waals surface area contributed by atoms with Crippen LogP contribution < -0.4 is 14.8 Å². The molecular formula is C29H28N4O3S2. The van der Waals surface area contributed by atoms with Crippen LogP contribution in [0, 0.1) is 11.3 Å². The molecular weight excluding hydrogens is 516 g/mol. The summed E-state index contributed by atoms with van der Waals surface area (Å²) in [6, 6.07) is 17.9. The van der Waals surface area contributed by atoms with Crippen molar-refractivity contribution < 1.29 is 14.3 Å². The van der Waals surface area contributed by atoms with Crippen molar-refractivity contribution >= 4 is 34.0 Å². The van der Waals surface area contributed by atoms with Crippen LogP contribution in [0.2, 0.25) is 0 Å². The van der Waals surface area contributed by atoms with Gasteiger partial charge in [-0.25, -0.2) is 4.98 Å². The first-order valence-corrected chi connectivity index (χ1v) is 14.3. The number of nitrogens with one attached hydrogen (secondary N) is 2. The smallest absolute Gasteiger partial charge is 0.225 e. The minimum absolute atomic E-state index is 0.0927. The first kappa shape index (κ1) is 25.9. The first-order valence-electron chi connectivity index (χ1n) is 12.5. The number of fused-ring (bicyclic) bond motifs is 1. The summed E-state index contributed by atoms with van der Waals surface area (Å²) in [5.41, 5.74) is 5.44. The predicted octanol–water partition coefficient (Wildman–Crippen LogP) is 6.69. The average Bonchev–Trinajstić information content (AvgIpc) is 3.54. The van der Waals surface area contributed by atoms with Crippen molar-refractivity contribution in [2.45, 2.75) is 37.3 Å². The number of rotatable bonds is 9. The quantitative estimate of drug-likeness (QED) is 0.228. The van der Waals surface area contributed by atoms with Crippen molar-refractivity contribution in [1.82, 2.24) is 9.97 Å². The van der Waals surface area contributed by atoms with Gasteiger partial charge < -0.3 is 19.8 Å². The molecule has 0 spiro atoms. The fourth-order valence-corrected chi connectivity index (χ4v) is 6.61. The fourth-order valence-electron chi connectivity index (χ4n) is 4.55. The standard InChI is InChI=1S/C29H28N4O3S2/c1-35-20-11-7-18(8-12-20)26-27(19-9-13-21(36-2)14-10-19)33-29(32-26)37-16-15-25(34)31-28-23(17-30)22-5-3-4-6-24(22)38-28/h7-14H,3-6,15-16H2,1-2H3,(H,31,34)(H,32,33). The molecule has 38 heavy (non-hydrogen) atoms. The Labute approximate surface area is 230 Å². The van der Waals surface area contributed by atoms with Crippen LogP contribution in [0.1, 0.15) is 35.3 Å². The number of carbonyl (C=O) groups excluding carboxylic acids is 1. The number of aromatic nitrogens is 2. The summed E-state index contributed by atoms with van der Waals surface area (Å²) < 4.78 is 10.6. The number of ether oxygens (including phenoxy) is 2. The molecule has 194 valence electrons. The minimum Gasteiger partial charge on any atom is -0.497 e. The summed E-state index contributed by atoms with van der Waals surface area (Å²) in [4.78, 5) is 22.3. The largest absolute Gasteiger partial charge is 0.497 e. The number of imidazole rings is 1. The topological polar surface area (TPSA) is 100 Å². The summed E-state index contributed by atoms with van der Waals surface area (Å²) in [5, 5.41) is 14.1. The van der Waals surface area contributed by atoms with E-state index in [-0.39, 0.29) is 5.91 Å². The third-order valence-corrected chi connectivity index (χ3v) is 8.61. The van der Waals surface area contributed by atoms with Gasteiger partial charge in [-0.1, -0.05) is 11.8 Å². The molecule has 0 bridgehead atoms. The SMILES string of the molecule is COc1ccc(-c2nc(SCCC(=O)Nc3sc4c(c3C#N)CCCC4)[nH]c2-c2ccc(OC)cc2)cc1. The van der Waals surface area contributed by atoms with E-state index in [4.69, 9.17) is 14.5 Å². The van der Waals surface area contributed by atoms with Crippen molar-refractivity contribution in [2.75, 3.05) is 25.3 Å². The second-order valence-corrected chi connectivity index (χ2v) is 11.1. The second kappa shape index (κ2) is 11.8. The molecule has 2 aromatic carbocycles. The molecule has 0 saturated carbocycles. The maximum atomic E-state index is 12.7. The number of methoxy groups -OCH3 is 2. The van der Waals surface area contributed by atoms with E-state index in [2.05, 4.69) is 16.4 Å². The number of aromatic amines is 1. The van der Waals surface area contributed by atoms with Gasteiger partial charge in [0.05, 0.1) is 31.2 Å². The van der Waals surface area contributed by atoms with Crippen molar-refractivity contribution in [2.24, 2.45) is 0 Å². The number of amides is 1. The van der Waals surface area contributed by atoms with Crippen LogP contribution in [0.15, 0.2) is 53.7 Å². The fraction of sp³-hybridized carbons (Fsp3) is 0.276. The second-order valence-electron chi connectivity index (χ2n) is 8.90. The number of anilines is 1. The number of hydrogen-bond acceptors (Lipinski definition) is 7. The van der Waals surface area contributed by atoms with Gasteiger partial charge in [0.1, 0.15) is 22.6 Å². The normalized spacial score (nSPS) is 12.4. The Morgan fingerprint density at radius 1 is 1.05 bits per heavy atom. The average molecular weight is 545 g/mol. The van der Waals surface area contributed by atoms with Gasteiger partial charge >= 0.3 is 0 Å². The number of carbonyl (C=O) groups is 1. The highest BCUT2D eigenvalue weighted by Crippen LogP contribution is 2.38. The van der Waals surface area contributed by atoms with Crippen molar-refractivity contribution in [3.05, 3.63) is 64.5 Å². The number of H-pyrrole nitrogens is 1. The minimum atomic E-state index is -0.0927. The van der Waals surface area contributed by atoms with Gasteiger partial charge in [0.2, 0.25) is 5.91 Å². The Bertz CT molecular complexity index is 1400. The molecule has 1 amide bonds. The first-order chi connectivity index (χ1) is 18.6. The number of nitriles is 1. The van der Waals surface area contributed by atoms with Gasteiger partial charge in [-0.3, -0.25) is 4.79 Å². The highest BCUT2D eigenvalue weighted by Gasteiger charge is 2.22. The summed E-state index contributed by atoms with van der Waals surface area (Å²) in [6.45, 7) is 0. The molecule has 0 fully saturated rings. The van der Waals surface area contributed by atoms with Crippen molar-refractivity contribution in [1.29, 1.82) is 5.26 Å². The molecule has 0 aliphatic heterocycles. The molecule has 1 aliphatic carbocycles. The molecule has 9 heteroatoms. The highest BCUT2D eigenvalue weighted by molar-refractivity contribution is 7.99. The Morgan fingerprint density at radius 3 is 2.37 bits per heavy atom. The van der Waals surface area contributed by atoms with E-state index in [0.29, 0.717) is 22.7 Å². The molecule has 5 rings (SSSR count). The van der Waals surface area contributed by atoms with E-state index in [9.17, 15) is 10.1 Å². The van der Waals surface area contributed by atoms with E-state index >= 15 is 0 Å². The molecule has 7 nitrogen and oxygen atoms in total. The predicted molar refractivity (Wildman–Crippen MR) is 152 cm³/mol.